The monoisotopic (exact) mass is 304 g/mol. The molecule has 0 amide bonds. The summed E-state index contributed by atoms with van der Waals surface area (Å²) in [5.41, 5.74) is 6.44. The van der Waals surface area contributed by atoms with Crippen LogP contribution in [0, 0.1) is 5.82 Å². The molecule has 0 aliphatic heterocycles. The number of thioether (sulfide) groups is 1. The zero-order chi connectivity index (χ0) is 14.4. The van der Waals surface area contributed by atoms with Crippen molar-refractivity contribution < 1.29 is 4.39 Å². The number of rotatable bonds is 5. The fourth-order valence-electron chi connectivity index (χ4n) is 2.54. The standard InChI is InChI=1S/C15H17FN4S/c16-13-10(2-1-3-12(13)17)8-21-15-19-18-14(9-4-5-9)20(15)11-6-7-11/h1-3,9,11H,4-8,17H2. The third kappa shape index (κ3) is 2.52. The lowest BCUT2D eigenvalue weighted by Crippen LogP contribution is -2.02. The van der Waals surface area contributed by atoms with Crippen LogP contribution in [0.1, 0.15) is 49.0 Å². The topological polar surface area (TPSA) is 56.7 Å². The molecule has 0 bridgehead atoms. The quantitative estimate of drug-likeness (QED) is 0.678. The Balaban J connectivity index is 1.56. The molecule has 1 aromatic heterocycles. The van der Waals surface area contributed by atoms with Crippen molar-refractivity contribution in [1.82, 2.24) is 14.8 Å². The zero-order valence-electron chi connectivity index (χ0n) is 11.6. The molecule has 0 atom stereocenters. The molecule has 0 saturated heterocycles. The molecule has 21 heavy (non-hydrogen) atoms. The summed E-state index contributed by atoms with van der Waals surface area (Å²) in [6.07, 6.45) is 4.86. The molecule has 2 aliphatic carbocycles. The fraction of sp³-hybridized carbons (Fsp3) is 0.467. The van der Waals surface area contributed by atoms with Gasteiger partial charge < -0.3 is 10.3 Å². The van der Waals surface area contributed by atoms with E-state index < -0.39 is 0 Å². The zero-order valence-corrected chi connectivity index (χ0v) is 12.4. The highest BCUT2D eigenvalue weighted by atomic mass is 32.2. The SMILES string of the molecule is Nc1cccc(CSc2nnc(C3CC3)n2C2CC2)c1F. The molecule has 2 N–H and O–H groups in total. The third-order valence-electron chi connectivity index (χ3n) is 4.01. The van der Waals surface area contributed by atoms with Crippen molar-refractivity contribution in [1.29, 1.82) is 0 Å². The second-order valence-electron chi connectivity index (χ2n) is 5.83. The van der Waals surface area contributed by atoms with Crippen LogP contribution < -0.4 is 5.73 Å². The summed E-state index contributed by atoms with van der Waals surface area (Å²) in [6, 6.07) is 5.71. The van der Waals surface area contributed by atoms with Crippen LogP contribution >= 0.6 is 11.8 Å². The Hall–Kier alpha value is -1.56. The van der Waals surface area contributed by atoms with Gasteiger partial charge in [0, 0.05) is 23.3 Å². The highest BCUT2D eigenvalue weighted by Gasteiger charge is 2.36. The van der Waals surface area contributed by atoms with Crippen molar-refractivity contribution >= 4 is 17.4 Å². The first-order valence-corrected chi connectivity index (χ1v) is 8.33. The van der Waals surface area contributed by atoms with E-state index >= 15 is 0 Å². The molecule has 6 heteroatoms. The third-order valence-corrected chi connectivity index (χ3v) is 5.00. The molecule has 4 rings (SSSR count). The van der Waals surface area contributed by atoms with Crippen LogP contribution in [0.4, 0.5) is 10.1 Å². The Labute approximate surface area is 126 Å². The number of hydrogen-bond donors (Lipinski definition) is 1. The van der Waals surface area contributed by atoms with Crippen LogP contribution in [0.3, 0.4) is 0 Å². The maximum atomic E-state index is 13.9. The molecule has 1 heterocycles. The van der Waals surface area contributed by atoms with Crippen molar-refractivity contribution in [3.05, 3.63) is 35.4 Å². The van der Waals surface area contributed by atoms with E-state index in [2.05, 4.69) is 14.8 Å². The molecule has 0 unspecified atom stereocenters. The van der Waals surface area contributed by atoms with Crippen LogP contribution in [-0.4, -0.2) is 14.8 Å². The van der Waals surface area contributed by atoms with Crippen LogP contribution in [0.25, 0.3) is 0 Å². The van der Waals surface area contributed by atoms with Gasteiger partial charge in [-0.25, -0.2) is 4.39 Å². The lowest BCUT2D eigenvalue weighted by molar-refractivity contribution is 0.619. The molecule has 1 aromatic carbocycles. The molecule has 0 radical (unpaired) electrons. The maximum absolute atomic E-state index is 13.9. The summed E-state index contributed by atoms with van der Waals surface area (Å²) in [4.78, 5) is 0. The second-order valence-corrected chi connectivity index (χ2v) is 6.77. The number of nitrogens with two attached hydrogens (primary N) is 1. The van der Waals surface area contributed by atoms with Gasteiger partial charge >= 0.3 is 0 Å². The van der Waals surface area contributed by atoms with Gasteiger partial charge in [-0.15, -0.1) is 10.2 Å². The van der Waals surface area contributed by atoms with Gasteiger partial charge in [-0.05, 0) is 31.7 Å². The summed E-state index contributed by atoms with van der Waals surface area (Å²) < 4.78 is 16.2. The number of hydrogen-bond acceptors (Lipinski definition) is 4. The predicted molar refractivity (Wildman–Crippen MR) is 80.6 cm³/mol. The van der Waals surface area contributed by atoms with Gasteiger partial charge in [0.15, 0.2) is 5.16 Å². The lowest BCUT2D eigenvalue weighted by atomic mass is 10.2. The van der Waals surface area contributed by atoms with E-state index in [1.54, 1.807) is 30.0 Å². The highest BCUT2D eigenvalue weighted by molar-refractivity contribution is 7.98. The van der Waals surface area contributed by atoms with Crippen LogP contribution in [0.5, 0.6) is 0 Å². The normalized spacial score (nSPS) is 18.1. The molecule has 0 spiro atoms. The van der Waals surface area contributed by atoms with E-state index in [0.717, 1.165) is 11.0 Å². The van der Waals surface area contributed by atoms with Crippen molar-refractivity contribution in [2.45, 2.75) is 48.6 Å². The summed E-state index contributed by atoms with van der Waals surface area (Å²) in [5, 5.41) is 9.61. The van der Waals surface area contributed by atoms with Gasteiger partial charge in [0.1, 0.15) is 11.6 Å². The average molecular weight is 304 g/mol. The predicted octanol–water partition coefficient (Wildman–Crippen LogP) is 3.50. The largest absolute Gasteiger partial charge is 0.396 e. The summed E-state index contributed by atoms with van der Waals surface area (Å²) in [7, 11) is 0. The Morgan fingerprint density at radius 3 is 2.76 bits per heavy atom. The molecule has 2 aliphatic rings. The molecule has 2 fully saturated rings. The first-order valence-electron chi connectivity index (χ1n) is 7.34. The number of nitrogen functional groups attached to an aromatic ring is 1. The summed E-state index contributed by atoms with van der Waals surface area (Å²) in [5.74, 6) is 1.95. The number of nitrogens with zero attached hydrogens (tertiary/aromatic N) is 3. The van der Waals surface area contributed by atoms with E-state index in [-0.39, 0.29) is 11.5 Å². The van der Waals surface area contributed by atoms with E-state index in [9.17, 15) is 4.39 Å². The van der Waals surface area contributed by atoms with Gasteiger partial charge in [0.05, 0.1) is 5.69 Å². The van der Waals surface area contributed by atoms with Gasteiger partial charge in [-0.1, -0.05) is 23.9 Å². The second kappa shape index (κ2) is 5.02. The van der Waals surface area contributed by atoms with Gasteiger partial charge in [-0.3, -0.25) is 0 Å². The minimum absolute atomic E-state index is 0.204. The Morgan fingerprint density at radius 1 is 1.24 bits per heavy atom. The van der Waals surface area contributed by atoms with Crippen LogP contribution in [-0.2, 0) is 5.75 Å². The first kappa shape index (κ1) is 13.1. The van der Waals surface area contributed by atoms with Crippen molar-refractivity contribution in [2.24, 2.45) is 0 Å². The van der Waals surface area contributed by atoms with Crippen LogP contribution in [0.15, 0.2) is 23.4 Å². The van der Waals surface area contributed by atoms with Gasteiger partial charge in [0.25, 0.3) is 0 Å². The maximum Gasteiger partial charge on any atom is 0.191 e. The van der Waals surface area contributed by atoms with E-state index in [4.69, 9.17) is 5.73 Å². The Morgan fingerprint density at radius 2 is 2.05 bits per heavy atom. The minimum atomic E-state index is -0.315. The first-order chi connectivity index (χ1) is 10.2. The average Bonchev–Trinajstić information content (AvgIpc) is 3.39. The number of benzene rings is 1. The van der Waals surface area contributed by atoms with E-state index in [1.807, 2.05) is 0 Å². The molecule has 110 valence electrons. The smallest absolute Gasteiger partial charge is 0.191 e. The van der Waals surface area contributed by atoms with Crippen molar-refractivity contribution in [3.8, 4) is 0 Å². The van der Waals surface area contributed by atoms with Gasteiger partial charge in [0.2, 0.25) is 0 Å². The van der Waals surface area contributed by atoms with Crippen molar-refractivity contribution in [2.75, 3.05) is 5.73 Å². The molecule has 2 aromatic rings. The fourth-order valence-corrected chi connectivity index (χ4v) is 3.52. The number of anilines is 1. The lowest BCUT2D eigenvalue weighted by Gasteiger charge is -2.09. The number of halogens is 1. The molecular formula is C15H17FN4S. The van der Waals surface area contributed by atoms with E-state index in [0.29, 0.717) is 23.3 Å². The Kier molecular flexibility index (Phi) is 3.14. The molecular weight excluding hydrogens is 287 g/mol. The summed E-state index contributed by atoms with van der Waals surface area (Å²) in [6.45, 7) is 0. The van der Waals surface area contributed by atoms with E-state index in [1.165, 1.54) is 25.7 Å². The molecule has 2 saturated carbocycles. The number of aromatic nitrogens is 3. The van der Waals surface area contributed by atoms with Crippen molar-refractivity contribution in [3.63, 3.8) is 0 Å². The highest BCUT2D eigenvalue weighted by Crippen LogP contribution is 2.46. The minimum Gasteiger partial charge on any atom is -0.396 e. The molecule has 4 nitrogen and oxygen atoms in total. The Bertz CT molecular complexity index is 676. The van der Waals surface area contributed by atoms with Gasteiger partial charge in [-0.2, -0.15) is 0 Å². The summed E-state index contributed by atoms with van der Waals surface area (Å²) >= 11 is 1.55. The van der Waals surface area contributed by atoms with Crippen LogP contribution in [0.2, 0.25) is 0 Å².